The normalized spacial score (nSPS) is 12.8. The van der Waals surface area contributed by atoms with Crippen LogP contribution in [0.4, 0.5) is 0 Å². The van der Waals surface area contributed by atoms with Crippen molar-refractivity contribution in [2.24, 2.45) is 0 Å². The van der Waals surface area contributed by atoms with Crippen LogP contribution < -0.4 is 9.47 Å². The molecule has 4 heteroatoms. The molecule has 0 N–H and O–H groups in total. The van der Waals surface area contributed by atoms with E-state index in [1.165, 1.54) is 32.1 Å². The summed E-state index contributed by atoms with van der Waals surface area (Å²) in [5.74, 6) is 1.67. The van der Waals surface area contributed by atoms with Crippen LogP contribution >= 0.6 is 0 Å². The van der Waals surface area contributed by atoms with E-state index in [1.54, 1.807) is 14.2 Å². The first-order chi connectivity index (χ1) is 17.7. The molecule has 0 heterocycles. The van der Waals surface area contributed by atoms with E-state index in [-0.39, 0.29) is 6.10 Å². The number of ether oxygens (including phenoxy) is 4. The van der Waals surface area contributed by atoms with Gasteiger partial charge in [-0.25, -0.2) is 0 Å². The molecule has 0 aromatic heterocycles. The molecule has 2 atom stereocenters. The Labute approximate surface area is 217 Å². The van der Waals surface area contributed by atoms with Gasteiger partial charge in [-0.15, -0.1) is 0 Å². The van der Waals surface area contributed by atoms with Crippen molar-refractivity contribution in [3.05, 3.63) is 72.8 Å². The molecule has 0 bridgehead atoms. The topological polar surface area (TPSA) is 36.9 Å². The van der Waals surface area contributed by atoms with E-state index in [9.17, 15) is 0 Å². The first kappa shape index (κ1) is 27.8. The molecule has 0 fully saturated rings. The van der Waals surface area contributed by atoms with Crippen LogP contribution in [0.3, 0.4) is 0 Å². The Morgan fingerprint density at radius 3 is 1.86 bits per heavy atom. The third kappa shape index (κ3) is 8.11. The Hall–Kier alpha value is -2.82. The Balaban J connectivity index is 1.74. The summed E-state index contributed by atoms with van der Waals surface area (Å²) in [4.78, 5) is 0. The van der Waals surface area contributed by atoms with E-state index in [0.717, 1.165) is 53.2 Å². The zero-order valence-electron chi connectivity index (χ0n) is 22.4. The molecule has 0 amide bonds. The number of hydrogen-bond donors (Lipinski definition) is 0. The van der Waals surface area contributed by atoms with E-state index < -0.39 is 6.29 Å². The van der Waals surface area contributed by atoms with Crippen LogP contribution in [-0.4, -0.2) is 33.2 Å². The lowest BCUT2D eigenvalue weighted by Gasteiger charge is -2.24. The van der Waals surface area contributed by atoms with Crippen LogP contribution in [0.15, 0.2) is 72.8 Å². The highest BCUT2D eigenvalue weighted by molar-refractivity contribution is 5.84. The molecule has 4 nitrogen and oxygen atoms in total. The molecular weight excluding hydrogens is 448 g/mol. The quantitative estimate of drug-likeness (QED) is 0.149. The predicted molar refractivity (Wildman–Crippen MR) is 149 cm³/mol. The molecule has 0 aliphatic rings. The van der Waals surface area contributed by atoms with E-state index in [1.807, 2.05) is 18.2 Å². The molecule has 0 aliphatic carbocycles. The van der Waals surface area contributed by atoms with Gasteiger partial charge in [0, 0.05) is 14.2 Å². The molecule has 0 spiro atoms. The van der Waals surface area contributed by atoms with E-state index in [0.29, 0.717) is 0 Å². The lowest BCUT2D eigenvalue weighted by atomic mass is 9.94. The molecule has 0 saturated carbocycles. The molecule has 0 saturated heterocycles. The molecule has 3 aromatic carbocycles. The van der Waals surface area contributed by atoms with Gasteiger partial charge in [0.05, 0.1) is 6.61 Å². The minimum atomic E-state index is -0.467. The predicted octanol–water partition coefficient (Wildman–Crippen LogP) is 8.54. The van der Waals surface area contributed by atoms with Crippen molar-refractivity contribution < 1.29 is 18.9 Å². The van der Waals surface area contributed by atoms with Crippen LogP contribution in [0.5, 0.6) is 11.5 Å². The Morgan fingerprint density at radius 1 is 0.639 bits per heavy atom. The van der Waals surface area contributed by atoms with Gasteiger partial charge in [0.1, 0.15) is 17.6 Å². The molecule has 0 radical (unpaired) electrons. The fourth-order valence-electron chi connectivity index (χ4n) is 4.43. The zero-order valence-corrected chi connectivity index (χ0v) is 22.4. The summed E-state index contributed by atoms with van der Waals surface area (Å²) in [5.41, 5.74) is 4.52. The maximum Gasteiger partial charge on any atom is 0.226 e. The number of benzene rings is 3. The standard InChI is InChI=1S/C32H42O4/c1-5-7-8-9-10-13-22-35-27-18-14-16-25(23-27)29-20-11-12-21-30(29)26-17-15-19-28(24-26)36-32(34-4)31(6-2)33-3/h11-12,14-21,23-24,31-32H,5-10,13,22H2,1-4H3/t31-,32?/m0/s1. The molecular formula is C32H42O4. The van der Waals surface area contributed by atoms with Crippen molar-refractivity contribution in [2.75, 3.05) is 20.8 Å². The summed E-state index contributed by atoms with van der Waals surface area (Å²) in [5, 5.41) is 0. The van der Waals surface area contributed by atoms with Gasteiger partial charge in [0.2, 0.25) is 6.29 Å². The molecule has 194 valence electrons. The highest BCUT2D eigenvalue weighted by atomic mass is 16.7. The minimum Gasteiger partial charge on any atom is -0.494 e. The fraction of sp³-hybridized carbons (Fsp3) is 0.438. The number of methoxy groups -OCH3 is 2. The molecule has 0 aliphatic heterocycles. The summed E-state index contributed by atoms with van der Waals surface area (Å²) in [7, 11) is 3.33. The fourth-order valence-corrected chi connectivity index (χ4v) is 4.43. The second-order valence-electron chi connectivity index (χ2n) is 9.12. The number of rotatable bonds is 16. The van der Waals surface area contributed by atoms with Crippen molar-refractivity contribution in [2.45, 2.75) is 71.2 Å². The number of unbranched alkanes of at least 4 members (excludes halogenated alkanes) is 5. The van der Waals surface area contributed by atoms with Crippen molar-refractivity contribution in [1.29, 1.82) is 0 Å². The third-order valence-electron chi connectivity index (χ3n) is 6.48. The van der Waals surface area contributed by atoms with Gasteiger partial charge in [-0.2, -0.15) is 0 Å². The molecule has 3 rings (SSSR count). The SMILES string of the molecule is CCCCCCCCOc1cccc(-c2ccccc2-c2cccc(OC(OC)[C@H](CC)OC)c2)c1. The summed E-state index contributed by atoms with van der Waals surface area (Å²) >= 11 is 0. The highest BCUT2D eigenvalue weighted by Crippen LogP contribution is 2.35. The maximum atomic E-state index is 6.15. The van der Waals surface area contributed by atoms with Crippen molar-refractivity contribution in [3.63, 3.8) is 0 Å². The zero-order chi connectivity index (χ0) is 25.6. The number of hydrogen-bond acceptors (Lipinski definition) is 4. The maximum absolute atomic E-state index is 6.15. The van der Waals surface area contributed by atoms with Gasteiger partial charge >= 0.3 is 0 Å². The summed E-state index contributed by atoms with van der Waals surface area (Å²) < 4.78 is 23.3. The van der Waals surface area contributed by atoms with Crippen molar-refractivity contribution >= 4 is 0 Å². The Kier molecular flexibility index (Phi) is 11.8. The third-order valence-corrected chi connectivity index (χ3v) is 6.48. The van der Waals surface area contributed by atoms with Gasteiger partial charge in [-0.3, -0.25) is 0 Å². The Bertz CT molecular complexity index is 1030. The van der Waals surface area contributed by atoms with Gasteiger partial charge in [0.15, 0.2) is 0 Å². The van der Waals surface area contributed by atoms with Crippen LogP contribution in [0.2, 0.25) is 0 Å². The lowest BCUT2D eigenvalue weighted by Crippen LogP contribution is -2.34. The summed E-state index contributed by atoms with van der Waals surface area (Å²) in [6.45, 7) is 5.07. The minimum absolute atomic E-state index is 0.134. The second-order valence-corrected chi connectivity index (χ2v) is 9.12. The first-order valence-electron chi connectivity index (χ1n) is 13.3. The van der Waals surface area contributed by atoms with E-state index in [2.05, 4.69) is 68.4 Å². The summed E-state index contributed by atoms with van der Waals surface area (Å²) in [6.07, 6.45) is 7.76. The molecule has 1 unspecified atom stereocenters. The van der Waals surface area contributed by atoms with Crippen molar-refractivity contribution in [3.8, 4) is 33.8 Å². The van der Waals surface area contributed by atoms with Crippen LogP contribution in [0.1, 0.15) is 58.8 Å². The second kappa shape index (κ2) is 15.3. The summed E-state index contributed by atoms with van der Waals surface area (Å²) in [6, 6.07) is 25.0. The van der Waals surface area contributed by atoms with Crippen molar-refractivity contribution in [1.82, 2.24) is 0 Å². The molecule has 3 aromatic rings. The van der Waals surface area contributed by atoms with Gasteiger partial charge in [-0.05, 0) is 59.4 Å². The van der Waals surface area contributed by atoms with Crippen LogP contribution in [0.25, 0.3) is 22.3 Å². The van der Waals surface area contributed by atoms with Crippen LogP contribution in [0, 0.1) is 0 Å². The molecule has 36 heavy (non-hydrogen) atoms. The average Bonchev–Trinajstić information content (AvgIpc) is 2.93. The van der Waals surface area contributed by atoms with Gasteiger partial charge in [-0.1, -0.05) is 94.5 Å². The highest BCUT2D eigenvalue weighted by Gasteiger charge is 2.21. The van der Waals surface area contributed by atoms with Gasteiger partial charge < -0.3 is 18.9 Å². The lowest BCUT2D eigenvalue weighted by molar-refractivity contribution is -0.139. The van der Waals surface area contributed by atoms with Gasteiger partial charge in [0.25, 0.3) is 0 Å². The van der Waals surface area contributed by atoms with E-state index in [4.69, 9.17) is 18.9 Å². The average molecular weight is 491 g/mol. The van der Waals surface area contributed by atoms with Crippen LogP contribution in [-0.2, 0) is 9.47 Å². The monoisotopic (exact) mass is 490 g/mol. The smallest absolute Gasteiger partial charge is 0.226 e. The van der Waals surface area contributed by atoms with E-state index >= 15 is 0 Å². The first-order valence-corrected chi connectivity index (χ1v) is 13.3. The largest absolute Gasteiger partial charge is 0.494 e. The Morgan fingerprint density at radius 2 is 1.25 bits per heavy atom.